The number of amides is 4. The zero-order chi connectivity index (χ0) is 25.8. The number of fused-ring (bicyclic) bond motifs is 6. The summed E-state index contributed by atoms with van der Waals surface area (Å²) in [5, 5.41) is 1.19. The summed E-state index contributed by atoms with van der Waals surface area (Å²) in [6.07, 6.45) is 2.13. The summed E-state index contributed by atoms with van der Waals surface area (Å²) >= 11 is 0. The van der Waals surface area contributed by atoms with Gasteiger partial charge in [-0.3, -0.25) is 9.59 Å². The fraction of sp³-hybridized carbons (Fsp3) is 0.296. The molecule has 3 atom stereocenters. The molecule has 6 rings (SSSR count). The Bertz CT molecular complexity index is 1510. The molecule has 10 heteroatoms. The van der Waals surface area contributed by atoms with Crippen molar-refractivity contribution < 1.29 is 23.9 Å². The maximum absolute atomic E-state index is 13.7. The molecule has 2 aromatic carbocycles. The second-order valence-electron chi connectivity index (χ2n) is 9.30. The van der Waals surface area contributed by atoms with Gasteiger partial charge in [0.25, 0.3) is 11.7 Å². The molecule has 3 aromatic rings. The largest absolute Gasteiger partial charge is 0.493 e. The molecule has 2 bridgehead atoms. The number of hydrogen-bond donors (Lipinski definition) is 0. The summed E-state index contributed by atoms with van der Waals surface area (Å²) in [6.45, 7) is 7.78. The molecule has 3 aliphatic heterocycles. The van der Waals surface area contributed by atoms with Crippen molar-refractivity contribution in [2.24, 2.45) is 0 Å². The number of imide groups is 1. The van der Waals surface area contributed by atoms with E-state index in [1.165, 1.54) is 6.20 Å². The number of anilines is 1. The monoisotopic (exact) mass is 497 g/mol. The van der Waals surface area contributed by atoms with Crippen molar-refractivity contribution in [1.29, 1.82) is 0 Å². The molecule has 1 aromatic heterocycles. The topological polar surface area (TPSA) is 96.6 Å². The summed E-state index contributed by atoms with van der Waals surface area (Å²) in [4.78, 5) is 52.7. The van der Waals surface area contributed by atoms with Gasteiger partial charge in [0.2, 0.25) is 5.91 Å². The van der Waals surface area contributed by atoms with Gasteiger partial charge < -0.3 is 24.1 Å². The van der Waals surface area contributed by atoms with Crippen molar-refractivity contribution in [3.8, 4) is 11.5 Å². The summed E-state index contributed by atoms with van der Waals surface area (Å²) in [6, 6.07) is 10.7. The molecule has 0 radical (unpaired) electrons. The van der Waals surface area contributed by atoms with Gasteiger partial charge in [0.1, 0.15) is 17.9 Å². The average Bonchev–Trinajstić information content (AvgIpc) is 3.59. The van der Waals surface area contributed by atoms with Gasteiger partial charge in [-0.15, -0.1) is 4.98 Å². The van der Waals surface area contributed by atoms with Crippen LogP contribution in [-0.4, -0.2) is 71.5 Å². The van der Waals surface area contributed by atoms with Crippen molar-refractivity contribution in [3.63, 3.8) is 0 Å². The Morgan fingerprint density at radius 2 is 1.86 bits per heavy atom. The van der Waals surface area contributed by atoms with Gasteiger partial charge in [-0.05, 0) is 24.1 Å². The summed E-state index contributed by atoms with van der Waals surface area (Å²) in [5.41, 5.74) is 1.13. The first-order valence-electron chi connectivity index (χ1n) is 11.9. The van der Waals surface area contributed by atoms with E-state index in [2.05, 4.69) is 9.83 Å². The molecule has 4 heterocycles. The maximum atomic E-state index is 13.7. The predicted octanol–water partition coefficient (Wildman–Crippen LogP) is 3.17. The number of ether oxygens (including phenoxy) is 2. The van der Waals surface area contributed by atoms with Crippen LogP contribution >= 0.6 is 0 Å². The van der Waals surface area contributed by atoms with Gasteiger partial charge in [-0.2, -0.15) is 0 Å². The first-order valence-corrected chi connectivity index (χ1v) is 11.9. The lowest BCUT2D eigenvalue weighted by Crippen LogP contribution is -2.55. The predicted molar refractivity (Wildman–Crippen MR) is 134 cm³/mol. The van der Waals surface area contributed by atoms with Gasteiger partial charge in [-0.25, -0.2) is 9.69 Å². The van der Waals surface area contributed by atoms with E-state index in [1.807, 2.05) is 6.07 Å². The molecule has 3 fully saturated rings. The highest BCUT2D eigenvalue weighted by molar-refractivity contribution is 6.25. The molecule has 0 spiro atoms. The normalized spacial score (nSPS) is 22.0. The molecule has 10 nitrogen and oxygen atoms in total. The van der Waals surface area contributed by atoms with E-state index >= 15 is 0 Å². The SMILES string of the molecule is [C-]#[N+]c1ncc(N2C(=O)[C@H]3[C@H]4CC(CN4C(=O)Cc4ccc(OC)c(OC)c4)N3C2=O)c2ccccc12. The molecule has 1 unspecified atom stereocenters. The van der Waals surface area contributed by atoms with E-state index in [-0.39, 0.29) is 36.1 Å². The molecule has 4 amide bonds. The Hall–Kier alpha value is -4.65. The lowest BCUT2D eigenvalue weighted by Gasteiger charge is -2.35. The number of aromatic nitrogens is 1. The molecule has 0 aliphatic carbocycles. The highest BCUT2D eigenvalue weighted by Gasteiger charge is 2.63. The maximum Gasteiger partial charge on any atom is 0.332 e. The second kappa shape index (κ2) is 8.48. The van der Waals surface area contributed by atoms with Crippen molar-refractivity contribution in [3.05, 3.63) is 65.6 Å². The Labute approximate surface area is 212 Å². The molecular weight excluding hydrogens is 474 g/mol. The molecule has 3 saturated heterocycles. The molecule has 0 saturated carbocycles. The van der Waals surface area contributed by atoms with Gasteiger partial charge in [0.15, 0.2) is 11.5 Å². The van der Waals surface area contributed by atoms with Crippen molar-refractivity contribution in [2.45, 2.75) is 31.0 Å². The van der Waals surface area contributed by atoms with Crippen LogP contribution in [0.4, 0.5) is 16.3 Å². The number of pyridine rings is 1. The molecular formula is C27H23N5O5. The number of rotatable bonds is 5. The lowest BCUT2D eigenvalue weighted by molar-refractivity contribution is -0.135. The van der Waals surface area contributed by atoms with Gasteiger partial charge >= 0.3 is 6.03 Å². The smallest absolute Gasteiger partial charge is 0.332 e. The minimum Gasteiger partial charge on any atom is -0.493 e. The number of carbonyl (C=O) groups excluding carboxylic acids is 3. The molecule has 3 aliphatic rings. The summed E-state index contributed by atoms with van der Waals surface area (Å²) in [7, 11) is 3.09. The van der Waals surface area contributed by atoms with Crippen LogP contribution in [0.3, 0.4) is 0 Å². The van der Waals surface area contributed by atoms with Crippen LogP contribution in [-0.2, 0) is 16.0 Å². The molecule has 37 heavy (non-hydrogen) atoms. The van der Waals surface area contributed by atoms with Gasteiger partial charge in [-0.1, -0.05) is 36.9 Å². The first kappa shape index (κ1) is 22.8. The third-order valence-electron chi connectivity index (χ3n) is 7.49. The summed E-state index contributed by atoms with van der Waals surface area (Å²) < 4.78 is 10.6. The molecule has 0 N–H and O–H groups in total. The fourth-order valence-electron chi connectivity index (χ4n) is 5.86. The first-order chi connectivity index (χ1) is 18.0. The van der Waals surface area contributed by atoms with Crippen LogP contribution in [0.2, 0.25) is 0 Å². The fourth-order valence-corrected chi connectivity index (χ4v) is 5.86. The van der Waals surface area contributed by atoms with Crippen molar-refractivity contribution in [1.82, 2.24) is 14.8 Å². The number of nitrogens with zero attached hydrogens (tertiary/aromatic N) is 5. The third-order valence-corrected chi connectivity index (χ3v) is 7.49. The summed E-state index contributed by atoms with van der Waals surface area (Å²) in [5.74, 6) is 0.858. The van der Waals surface area contributed by atoms with Crippen LogP contribution in [0.25, 0.3) is 15.6 Å². The Morgan fingerprint density at radius 1 is 1.11 bits per heavy atom. The third kappa shape index (κ3) is 3.31. The zero-order valence-corrected chi connectivity index (χ0v) is 20.2. The van der Waals surface area contributed by atoms with E-state index in [4.69, 9.17) is 16.0 Å². The number of carbonyl (C=O) groups is 3. The van der Waals surface area contributed by atoms with Crippen LogP contribution in [0.15, 0.2) is 48.7 Å². The Kier molecular flexibility index (Phi) is 5.22. The average molecular weight is 498 g/mol. The number of urea groups is 1. The van der Waals surface area contributed by atoms with Crippen LogP contribution in [0, 0.1) is 6.57 Å². The highest BCUT2D eigenvalue weighted by Crippen LogP contribution is 2.44. The van der Waals surface area contributed by atoms with Crippen molar-refractivity contribution >= 4 is 40.1 Å². The van der Waals surface area contributed by atoms with E-state index in [0.717, 1.165) is 10.5 Å². The number of hydrogen-bond acceptors (Lipinski definition) is 6. The van der Waals surface area contributed by atoms with E-state index in [1.54, 1.807) is 60.4 Å². The number of piperazine rings is 1. The number of likely N-dealkylation sites (tertiary alicyclic amines) is 1. The van der Waals surface area contributed by atoms with E-state index in [0.29, 0.717) is 40.9 Å². The Morgan fingerprint density at radius 3 is 2.59 bits per heavy atom. The lowest BCUT2D eigenvalue weighted by atomic mass is 10.1. The number of methoxy groups -OCH3 is 2. The van der Waals surface area contributed by atoms with Crippen LogP contribution in [0.5, 0.6) is 11.5 Å². The quantitative estimate of drug-likeness (QED) is 0.397. The van der Waals surface area contributed by atoms with Gasteiger partial charge in [0.05, 0.1) is 32.7 Å². The van der Waals surface area contributed by atoms with E-state index in [9.17, 15) is 14.4 Å². The molecule has 186 valence electrons. The van der Waals surface area contributed by atoms with Gasteiger partial charge in [0, 0.05) is 17.3 Å². The standard InChI is InChI=1S/C27H23N5O5/c1-28-25-18-7-5-4-6-17(18)20(13-29-25)32-26(34)24-19-12-16(31(24)27(32)35)14-30(19)23(33)11-15-8-9-21(36-2)22(10-15)37-3/h4-10,13,16,19,24H,11-12,14H2,2-3H3/t16?,19-,24-/m1/s1. The minimum absolute atomic E-state index is 0.105. The van der Waals surface area contributed by atoms with Crippen molar-refractivity contribution in [2.75, 3.05) is 25.7 Å². The minimum atomic E-state index is -0.736. The highest BCUT2D eigenvalue weighted by atomic mass is 16.5. The Balaban J connectivity index is 1.27. The van der Waals surface area contributed by atoms with E-state index < -0.39 is 12.1 Å². The van der Waals surface area contributed by atoms with Crippen LogP contribution < -0.4 is 14.4 Å². The second-order valence-corrected chi connectivity index (χ2v) is 9.30. The van der Waals surface area contributed by atoms with Crippen LogP contribution in [0.1, 0.15) is 12.0 Å². The zero-order valence-electron chi connectivity index (χ0n) is 20.2. The number of benzene rings is 2.